The molecule has 0 aromatic carbocycles. The number of fused-ring (bicyclic) bond motifs is 1. The summed E-state index contributed by atoms with van der Waals surface area (Å²) in [5, 5.41) is 4.47. The van der Waals surface area contributed by atoms with Gasteiger partial charge in [-0.15, -0.1) is 22.7 Å². The third kappa shape index (κ3) is 3.78. The average molecular weight is 372 g/mol. The molecule has 3 aromatic heterocycles. The van der Waals surface area contributed by atoms with E-state index < -0.39 is 12.1 Å². The van der Waals surface area contributed by atoms with Crippen LogP contribution in [-0.4, -0.2) is 15.9 Å². The lowest BCUT2D eigenvalue weighted by molar-refractivity contribution is -0.142. The fraction of sp³-hybridized carbons (Fsp3) is 0.167. The summed E-state index contributed by atoms with van der Waals surface area (Å²) in [5.74, 6) is -0.149. The zero-order valence-corrected chi connectivity index (χ0v) is 15.3. The van der Waals surface area contributed by atoms with Gasteiger partial charge in [0.25, 0.3) is 5.56 Å². The average Bonchev–Trinajstić information content (AvgIpc) is 3.24. The highest BCUT2D eigenvalue weighted by Gasteiger charge is 2.18. The Bertz CT molecular complexity index is 997. The van der Waals surface area contributed by atoms with Crippen molar-refractivity contribution in [2.24, 2.45) is 0 Å². The number of carbonyl (C=O) groups excluding carboxylic acids is 1. The molecule has 5 nitrogen and oxygen atoms in total. The Kier molecular flexibility index (Phi) is 5.25. The molecule has 0 saturated heterocycles. The van der Waals surface area contributed by atoms with Gasteiger partial charge in [0, 0.05) is 21.9 Å². The molecule has 0 saturated carbocycles. The van der Waals surface area contributed by atoms with Gasteiger partial charge in [0.2, 0.25) is 0 Å². The molecule has 0 aliphatic heterocycles. The van der Waals surface area contributed by atoms with E-state index in [2.05, 4.69) is 9.97 Å². The first-order valence-corrected chi connectivity index (χ1v) is 9.41. The number of rotatable bonds is 5. The van der Waals surface area contributed by atoms with Crippen molar-refractivity contribution in [1.82, 2.24) is 9.97 Å². The van der Waals surface area contributed by atoms with E-state index >= 15 is 0 Å². The Hall–Kier alpha value is -2.51. The molecule has 1 atom stereocenters. The Labute approximate surface area is 152 Å². The Balaban J connectivity index is 1.89. The fourth-order valence-electron chi connectivity index (χ4n) is 2.29. The van der Waals surface area contributed by atoms with Gasteiger partial charge in [0.1, 0.15) is 4.83 Å². The van der Waals surface area contributed by atoms with Crippen LogP contribution in [0.5, 0.6) is 0 Å². The summed E-state index contributed by atoms with van der Waals surface area (Å²) in [5.41, 5.74) is 0.659. The number of hydrogen-bond acceptors (Lipinski definition) is 6. The van der Waals surface area contributed by atoms with Gasteiger partial charge in [0.15, 0.2) is 11.9 Å². The second-order valence-electron chi connectivity index (χ2n) is 5.22. The monoisotopic (exact) mass is 372 g/mol. The molecule has 0 radical (unpaired) electrons. The van der Waals surface area contributed by atoms with Crippen LogP contribution in [0.3, 0.4) is 0 Å². The molecule has 7 heteroatoms. The minimum Gasteiger partial charge on any atom is -0.451 e. The van der Waals surface area contributed by atoms with Gasteiger partial charge in [-0.05, 0) is 25.3 Å². The highest BCUT2D eigenvalue weighted by Crippen LogP contribution is 2.33. The summed E-state index contributed by atoms with van der Waals surface area (Å²) in [6, 6.07) is 3.92. The molecule has 128 valence electrons. The van der Waals surface area contributed by atoms with Gasteiger partial charge >= 0.3 is 5.97 Å². The number of thiophene rings is 2. The summed E-state index contributed by atoms with van der Waals surface area (Å²) in [6.45, 7) is 3.53. The van der Waals surface area contributed by atoms with Gasteiger partial charge in [-0.1, -0.05) is 24.3 Å². The fourth-order valence-corrected chi connectivity index (χ4v) is 4.06. The van der Waals surface area contributed by atoms with Crippen LogP contribution in [0.1, 0.15) is 25.8 Å². The van der Waals surface area contributed by atoms with Crippen LogP contribution >= 0.6 is 22.7 Å². The predicted octanol–water partition coefficient (Wildman–Crippen LogP) is 4.45. The zero-order chi connectivity index (χ0) is 17.8. The quantitative estimate of drug-likeness (QED) is 0.408. The minimum absolute atomic E-state index is 0.225. The molecule has 0 fully saturated rings. The first kappa shape index (κ1) is 17.3. The molecule has 0 aliphatic carbocycles. The van der Waals surface area contributed by atoms with Gasteiger partial charge in [-0.3, -0.25) is 4.79 Å². The Morgan fingerprint density at radius 1 is 1.36 bits per heavy atom. The first-order valence-electron chi connectivity index (χ1n) is 7.65. The maximum absolute atomic E-state index is 12.5. The standard InChI is InChI=1S/C18H16N2O3S2/c1-3-4-5-8-14(21)23-11(2)16-19-17(22)15-12(10-25-18(15)20-16)13-7-6-9-24-13/h3-11H,1-2H3,(H,19,20,22)/b4-3+,8-5+/t11-/m0/s1. The third-order valence-electron chi connectivity index (χ3n) is 3.46. The van der Waals surface area contributed by atoms with Crippen molar-refractivity contribution in [3.63, 3.8) is 0 Å². The van der Waals surface area contributed by atoms with E-state index in [0.717, 1.165) is 10.4 Å². The van der Waals surface area contributed by atoms with Crippen LogP contribution in [0, 0.1) is 0 Å². The molecule has 3 rings (SSSR count). The zero-order valence-electron chi connectivity index (χ0n) is 13.7. The number of esters is 1. The van der Waals surface area contributed by atoms with E-state index in [1.807, 2.05) is 35.9 Å². The molecule has 3 heterocycles. The number of hydrogen-bond donors (Lipinski definition) is 1. The van der Waals surface area contributed by atoms with Crippen LogP contribution in [0.15, 0.2) is 52.0 Å². The largest absolute Gasteiger partial charge is 0.451 e. The van der Waals surface area contributed by atoms with E-state index in [4.69, 9.17) is 4.74 Å². The molecule has 0 spiro atoms. The molecule has 3 aromatic rings. The van der Waals surface area contributed by atoms with E-state index in [9.17, 15) is 9.59 Å². The number of carbonyl (C=O) groups is 1. The van der Waals surface area contributed by atoms with Crippen molar-refractivity contribution >= 4 is 38.9 Å². The van der Waals surface area contributed by atoms with Crippen molar-refractivity contribution in [3.8, 4) is 10.4 Å². The number of nitrogens with zero attached hydrogens (tertiary/aromatic N) is 1. The smallest absolute Gasteiger partial charge is 0.331 e. The number of ether oxygens (including phenoxy) is 1. The second-order valence-corrected chi connectivity index (χ2v) is 7.03. The van der Waals surface area contributed by atoms with E-state index in [-0.39, 0.29) is 5.56 Å². The first-order chi connectivity index (χ1) is 12.1. The molecule has 25 heavy (non-hydrogen) atoms. The summed E-state index contributed by atoms with van der Waals surface area (Å²) in [4.78, 5) is 33.2. The Morgan fingerprint density at radius 3 is 2.92 bits per heavy atom. The SMILES string of the molecule is C/C=C/C=C/C(=O)O[C@@H](C)c1nc2scc(-c3cccs3)c2c(=O)[nH]1. The maximum Gasteiger partial charge on any atom is 0.331 e. The summed E-state index contributed by atoms with van der Waals surface area (Å²) in [6.07, 6.45) is 5.82. The van der Waals surface area contributed by atoms with Crippen LogP contribution in [-0.2, 0) is 9.53 Å². The van der Waals surface area contributed by atoms with Crippen molar-refractivity contribution in [2.45, 2.75) is 20.0 Å². The Morgan fingerprint density at radius 2 is 2.20 bits per heavy atom. The molecule has 0 unspecified atom stereocenters. The predicted molar refractivity (Wildman–Crippen MR) is 102 cm³/mol. The minimum atomic E-state index is -0.646. The van der Waals surface area contributed by atoms with Gasteiger partial charge in [0.05, 0.1) is 5.39 Å². The lowest BCUT2D eigenvalue weighted by atomic mass is 10.2. The highest BCUT2D eigenvalue weighted by atomic mass is 32.1. The number of H-pyrrole nitrogens is 1. The maximum atomic E-state index is 12.5. The third-order valence-corrected chi connectivity index (χ3v) is 5.24. The van der Waals surface area contributed by atoms with Crippen LogP contribution < -0.4 is 5.56 Å². The topological polar surface area (TPSA) is 72.0 Å². The van der Waals surface area contributed by atoms with E-state index in [1.165, 1.54) is 17.4 Å². The summed E-state index contributed by atoms with van der Waals surface area (Å²) >= 11 is 2.98. The highest BCUT2D eigenvalue weighted by molar-refractivity contribution is 7.18. The second kappa shape index (κ2) is 7.58. The van der Waals surface area contributed by atoms with Crippen LogP contribution in [0.4, 0.5) is 0 Å². The van der Waals surface area contributed by atoms with E-state index in [0.29, 0.717) is 16.0 Å². The van der Waals surface area contributed by atoms with Crippen LogP contribution in [0.2, 0.25) is 0 Å². The number of aromatic amines is 1. The molecular weight excluding hydrogens is 356 g/mol. The summed E-state index contributed by atoms with van der Waals surface area (Å²) in [7, 11) is 0. The molecular formula is C18H16N2O3S2. The lowest BCUT2D eigenvalue weighted by Crippen LogP contribution is -2.16. The molecule has 0 aliphatic rings. The van der Waals surface area contributed by atoms with Crippen molar-refractivity contribution < 1.29 is 9.53 Å². The lowest BCUT2D eigenvalue weighted by Gasteiger charge is -2.10. The van der Waals surface area contributed by atoms with Gasteiger partial charge < -0.3 is 9.72 Å². The van der Waals surface area contributed by atoms with Crippen LogP contribution in [0.25, 0.3) is 20.7 Å². The van der Waals surface area contributed by atoms with Gasteiger partial charge in [-0.25, -0.2) is 9.78 Å². The number of nitrogens with one attached hydrogen (secondary N) is 1. The normalized spacial score (nSPS) is 13.0. The summed E-state index contributed by atoms with van der Waals surface area (Å²) < 4.78 is 5.28. The van der Waals surface area contributed by atoms with E-state index in [1.54, 1.807) is 30.4 Å². The van der Waals surface area contributed by atoms with Crippen molar-refractivity contribution in [1.29, 1.82) is 0 Å². The van der Waals surface area contributed by atoms with Crippen molar-refractivity contribution in [2.75, 3.05) is 0 Å². The van der Waals surface area contributed by atoms with Gasteiger partial charge in [-0.2, -0.15) is 0 Å². The van der Waals surface area contributed by atoms with Crippen molar-refractivity contribution in [3.05, 3.63) is 63.4 Å². The number of aromatic nitrogens is 2. The number of allylic oxidation sites excluding steroid dienone is 3. The molecule has 1 N–H and O–H groups in total. The molecule has 0 bridgehead atoms. The molecule has 0 amide bonds.